The van der Waals surface area contributed by atoms with Crippen LogP contribution in [0.4, 0.5) is 0 Å². The molecule has 0 spiro atoms. The van der Waals surface area contributed by atoms with Crippen molar-refractivity contribution in [2.45, 2.75) is 58.5 Å². The number of rotatable bonds is 5. The number of aryl methyl sites for hydroxylation is 2. The minimum atomic E-state index is 0.634. The van der Waals surface area contributed by atoms with Crippen LogP contribution in [0, 0.1) is 19.8 Å². The zero-order chi connectivity index (χ0) is 16.7. The van der Waals surface area contributed by atoms with E-state index in [4.69, 9.17) is 0 Å². The van der Waals surface area contributed by atoms with Gasteiger partial charge in [-0.15, -0.1) is 10.2 Å². The van der Waals surface area contributed by atoms with Crippen molar-refractivity contribution < 1.29 is 0 Å². The predicted molar refractivity (Wildman–Crippen MR) is 90.5 cm³/mol. The van der Waals surface area contributed by atoms with Gasteiger partial charge in [0.2, 0.25) is 0 Å². The molecule has 4 rings (SSSR count). The van der Waals surface area contributed by atoms with E-state index in [0.29, 0.717) is 11.8 Å². The average Bonchev–Trinajstić information content (AvgIpc) is 3.25. The Bertz CT molecular complexity index is 713. The number of piperidine rings is 1. The van der Waals surface area contributed by atoms with Crippen LogP contribution >= 0.6 is 0 Å². The summed E-state index contributed by atoms with van der Waals surface area (Å²) in [6.07, 6.45) is 5.05. The fourth-order valence-corrected chi connectivity index (χ4v) is 3.83. The van der Waals surface area contributed by atoms with Crippen molar-refractivity contribution in [2.24, 2.45) is 13.0 Å². The number of likely N-dealkylation sites (tertiary alicyclic amines) is 1. The number of aromatic nitrogens is 6. The minimum Gasteiger partial charge on any atom is -0.317 e. The Morgan fingerprint density at radius 3 is 2.67 bits per heavy atom. The van der Waals surface area contributed by atoms with E-state index in [-0.39, 0.29) is 0 Å². The molecule has 7 nitrogen and oxygen atoms in total. The van der Waals surface area contributed by atoms with E-state index >= 15 is 0 Å². The molecule has 1 aliphatic heterocycles. The second-order valence-electron chi connectivity index (χ2n) is 7.44. The fraction of sp³-hybridized carbons (Fsp3) is 0.765. The van der Waals surface area contributed by atoms with Gasteiger partial charge < -0.3 is 4.57 Å². The molecule has 130 valence electrons. The molecule has 0 N–H and O–H groups in total. The van der Waals surface area contributed by atoms with Crippen LogP contribution in [0.5, 0.6) is 0 Å². The first kappa shape index (κ1) is 15.7. The largest absolute Gasteiger partial charge is 0.317 e. The predicted octanol–water partition coefficient (Wildman–Crippen LogP) is 1.81. The highest BCUT2D eigenvalue weighted by molar-refractivity contribution is 5.07. The second kappa shape index (κ2) is 6.27. The fourth-order valence-electron chi connectivity index (χ4n) is 3.83. The summed E-state index contributed by atoms with van der Waals surface area (Å²) in [6.45, 7) is 8.13. The van der Waals surface area contributed by atoms with Crippen LogP contribution in [0.3, 0.4) is 0 Å². The first-order chi connectivity index (χ1) is 11.6. The molecular formula is C17H27N7. The standard InChI is InChI=1S/C17H27N7/c1-12-18-13(2)24(21-12)10-14-5-4-8-23(9-14)11-16-19-20-17(22(16)3)15-6-7-15/h14-15H,4-11H2,1-3H3/t14-/m0/s1. The van der Waals surface area contributed by atoms with Crippen LogP contribution in [-0.4, -0.2) is 47.5 Å². The highest BCUT2D eigenvalue weighted by Crippen LogP contribution is 2.38. The molecule has 1 saturated heterocycles. The van der Waals surface area contributed by atoms with E-state index in [0.717, 1.165) is 43.7 Å². The molecule has 2 aromatic heterocycles. The van der Waals surface area contributed by atoms with Crippen molar-refractivity contribution in [1.29, 1.82) is 0 Å². The van der Waals surface area contributed by atoms with E-state index in [1.807, 2.05) is 13.8 Å². The summed E-state index contributed by atoms with van der Waals surface area (Å²) in [4.78, 5) is 6.94. The van der Waals surface area contributed by atoms with E-state index in [9.17, 15) is 0 Å². The molecule has 3 heterocycles. The maximum Gasteiger partial charge on any atom is 0.147 e. The van der Waals surface area contributed by atoms with Gasteiger partial charge in [0.25, 0.3) is 0 Å². The van der Waals surface area contributed by atoms with E-state index in [1.165, 1.54) is 31.5 Å². The number of nitrogens with zero attached hydrogens (tertiary/aromatic N) is 7. The maximum absolute atomic E-state index is 4.52. The first-order valence-electron chi connectivity index (χ1n) is 9.08. The summed E-state index contributed by atoms with van der Waals surface area (Å²) in [6, 6.07) is 0. The monoisotopic (exact) mass is 329 g/mol. The lowest BCUT2D eigenvalue weighted by Crippen LogP contribution is -2.37. The van der Waals surface area contributed by atoms with Crippen LogP contribution in [0.1, 0.15) is 54.9 Å². The Hall–Kier alpha value is -1.76. The maximum atomic E-state index is 4.52. The molecule has 1 aliphatic carbocycles. The van der Waals surface area contributed by atoms with Crippen molar-refractivity contribution >= 4 is 0 Å². The summed E-state index contributed by atoms with van der Waals surface area (Å²) in [5.74, 6) is 5.45. The first-order valence-corrected chi connectivity index (χ1v) is 9.08. The lowest BCUT2D eigenvalue weighted by Gasteiger charge is -2.32. The average molecular weight is 329 g/mol. The zero-order valence-electron chi connectivity index (χ0n) is 14.9. The zero-order valence-corrected chi connectivity index (χ0v) is 14.9. The Labute approximate surface area is 143 Å². The Balaban J connectivity index is 1.39. The van der Waals surface area contributed by atoms with Crippen LogP contribution < -0.4 is 0 Å². The van der Waals surface area contributed by atoms with Gasteiger partial charge in [-0.05, 0) is 52.0 Å². The lowest BCUT2D eigenvalue weighted by atomic mass is 9.98. The molecular weight excluding hydrogens is 302 g/mol. The number of hydrogen-bond donors (Lipinski definition) is 0. The van der Waals surface area contributed by atoms with Gasteiger partial charge >= 0.3 is 0 Å². The molecule has 2 aliphatic rings. The Morgan fingerprint density at radius 1 is 1.12 bits per heavy atom. The summed E-state index contributed by atoms with van der Waals surface area (Å²) in [7, 11) is 2.12. The van der Waals surface area contributed by atoms with Crippen LogP contribution in [0.15, 0.2) is 0 Å². The van der Waals surface area contributed by atoms with Crippen LogP contribution in [0.25, 0.3) is 0 Å². The van der Waals surface area contributed by atoms with Crippen molar-refractivity contribution in [3.05, 3.63) is 23.3 Å². The topological polar surface area (TPSA) is 64.7 Å². The van der Waals surface area contributed by atoms with Crippen LogP contribution in [0.2, 0.25) is 0 Å². The van der Waals surface area contributed by atoms with Crippen molar-refractivity contribution in [3.63, 3.8) is 0 Å². The molecule has 1 saturated carbocycles. The third-order valence-electron chi connectivity index (χ3n) is 5.30. The molecule has 0 unspecified atom stereocenters. The lowest BCUT2D eigenvalue weighted by molar-refractivity contribution is 0.148. The van der Waals surface area contributed by atoms with E-state index < -0.39 is 0 Å². The highest BCUT2D eigenvalue weighted by Gasteiger charge is 2.30. The number of hydrogen-bond acceptors (Lipinski definition) is 5. The normalized spacial score (nSPS) is 22.2. The van der Waals surface area contributed by atoms with Gasteiger partial charge in [0.1, 0.15) is 23.3 Å². The summed E-state index contributed by atoms with van der Waals surface area (Å²) >= 11 is 0. The van der Waals surface area contributed by atoms with Gasteiger partial charge in [0.05, 0.1) is 6.54 Å². The quantitative estimate of drug-likeness (QED) is 0.837. The Morgan fingerprint density at radius 2 is 1.96 bits per heavy atom. The van der Waals surface area contributed by atoms with Gasteiger partial charge in [0.15, 0.2) is 0 Å². The molecule has 0 aromatic carbocycles. The van der Waals surface area contributed by atoms with Gasteiger partial charge in [0, 0.05) is 26.1 Å². The molecule has 24 heavy (non-hydrogen) atoms. The third-order valence-corrected chi connectivity index (χ3v) is 5.30. The summed E-state index contributed by atoms with van der Waals surface area (Å²) < 4.78 is 4.28. The Kier molecular flexibility index (Phi) is 4.12. The van der Waals surface area contributed by atoms with Gasteiger partial charge in [-0.1, -0.05) is 0 Å². The van der Waals surface area contributed by atoms with E-state index in [1.54, 1.807) is 0 Å². The third kappa shape index (κ3) is 3.22. The smallest absolute Gasteiger partial charge is 0.147 e. The van der Waals surface area contributed by atoms with Crippen molar-refractivity contribution in [2.75, 3.05) is 13.1 Å². The van der Waals surface area contributed by atoms with Crippen molar-refractivity contribution in [3.8, 4) is 0 Å². The highest BCUT2D eigenvalue weighted by atomic mass is 15.3. The van der Waals surface area contributed by atoms with E-state index in [2.05, 4.69) is 41.5 Å². The van der Waals surface area contributed by atoms with Crippen LogP contribution in [-0.2, 0) is 20.1 Å². The van der Waals surface area contributed by atoms with Crippen molar-refractivity contribution in [1.82, 2.24) is 34.4 Å². The second-order valence-corrected chi connectivity index (χ2v) is 7.44. The summed E-state index contributed by atoms with van der Waals surface area (Å²) in [5, 5.41) is 13.4. The molecule has 0 bridgehead atoms. The SMILES string of the molecule is Cc1nc(C)n(C[C@H]2CCCN(Cc3nnc(C4CC4)n3C)C2)n1. The van der Waals surface area contributed by atoms with Gasteiger partial charge in [-0.2, -0.15) is 5.10 Å². The molecule has 0 radical (unpaired) electrons. The van der Waals surface area contributed by atoms with Gasteiger partial charge in [-0.25, -0.2) is 9.67 Å². The molecule has 2 fully saturated rings. The molecule has 0 amide bonds. The molecule has 7 heteroatoms. The summed E-state index contributed by atoms with van der Waals surface area (Å²) in [5.41, 5.74) is 0. The minimum absolute atomic E-state index is 0.634. The van der Waals surface area contributed by atoms with Gasteiger partial charge in [-0.3, -0.25) is 4.90 Å². The molecule has 2 aromatic rings. The molecule has 1 atom stereocenters.